The molecule has 0 aromatic rings. The van der Waals surface area contributed by atoms with Crippen LogP contribution in [0.5, 0.6) is 0 Å². The van der Waals surface area contributed by atoms with Crippen molar-refractivity contribution in [2.75, 3.05) is 78.9 Å². The molecule has 3 heterocycles. The van der Waals surface area contributed by atoms with Gasteiger partial charge in [0, 0.05) is 39.3 Å². The largest absolute Gasteiger partial charge is 0.444 e. The first-order chi connectivity index (χ1) is 21.8. The predicted molar refractivity (Wildman–Crippen MR) is 176 cm³/mol. The minimum atomic E-state index is -0.534. The molecule has 3 aliphatic rings. The molecule has 2 saturated heterocycles. The maximum Gasteiger partial charge on any atom is 0.410 e. The summed E-state index contributed by atoms with van der Waals surface area (Å²) in [7, 11) is 0. The monoisotopic (exact) mass is 675 g/mol. The molecule has 2 atom stereocenters. The van der Waals surface area contributed by atoms with Crippen molar-refractivity contribution in [3.63, 3.8) is 0 Å². The summed E-state index contributed by atoms with van der Waals surface area (Å²) in [6, 6.07) is 0. The van der Waals surface area contributed by atoms with E-state index in [1.54, 1.807) is 9.80 Å². The normalized spacial score (nSPS) is 22.5. The Morgan fingerprint density at radius 2 is 1.09 bits per heavy atom. The van der Waals surface area contributed by atoms with Crippen LogP contribution in [0.25, 0.3) is 0 Å². The Bertz CT molecular complexity index is 957. The maximum absolute atomic E-state index is 11.8. The smallest absolute Gasteiger partial charge is 0.410 e. The number of rotatable bonds is 0. The van der Waals surface area contributed by atoms with Crippen molar-refractivity contribution in [3.8, 4) is 0 Å². The van der Waals surface area contributed by atoms with E-state index >= 15 is 0 Å². The predicted octanol–water partition coefficient (Wildman–Crippen LogP) is 3.82. The molecule has 2 unspecified atom stereocenters. The van der Waals surface area contributed by atoms with Crippen molar-refractivity contribution in [2.24, 2.45) is 0 Å². The second-order valence-electron chi connectivity index (χ2n) is 14.4. The van der Waals surface area contributed by atoms with Crippen molar-refractivity contribution >= 4 is 18.3 Å². The Morgan fingerprint density at radius 3 is 1.68 bits per heavy atom. The maximum atomic E-state index is 11.8. The first-order valence-corrected chi connectivity index (χ1v) is 16.4. The molecule has 2 fully saturated rings. The minimum absolute atomic E-state index is 0.280. The van der Waals surface area contributed by atoms with E-state index in [2.05, 4.69) is 0 Å². The quantitative estimate of drug-likeness (QED) is 0.284. The Kier molecular flexibility index (Phi) is 18.6. The highest BCUT2D eigenvalue weighted by Crippen LogP contribution is 2.13. The molecule has 274 valence electrons. The van der Waals surface area contributed by atoms with Gasteiger partial charge in [-0.1, -0.05) is 12.2 Å². The molecule has 0 bridgehead atoms. The minimum Gasteiger partial charge on any atom is -0.444 e. The highest BCUT2D eigenvalue weighted by molar-refractivity contribution is 5.69. The lowest BCUT2D eigenvalue weighted by Gasteiger charge is -2.30. The number of carbonyl (C=O) groups is 3. The van der Waals surface area contributed by atoms with E-state index in [0.29, 0.717) is 91.8 Å². The summed E-state index contributed by atoms with van der Waals surface area (Å²) in [6.45, 7) is 22.6. The fourth-order valence-corrected chi connectivity index (χ4v) is 4.01. The zero-order valence-corrected chi connectivity index (χ0v) is 30.1. The van der Waals surface area contributed by atoms with E-state index in [-0.39, 0.29) is 12.2 Å². The Morgan fingerprint density at radius 1 is 0.596 bits per heavy atom. The topological polar surface area (TPSA) is 157 Å². The summed E-state index contributed by atoms with van der Waals surface area (Å²) in [5, 5.41) is 19.0. The Hall–Kier alpha value is -2.65. The van der Waals surface area contributed by atoms with E-state index in [0.717, 1.165) is 0 Å². The highest BCUT2D eigenvalue weighted by atomic mass is 16.6. The molecule has 0 aromatic heterocycles. The summed E-state index contributed by atoms with van der Waals surface area (Å²) in [5.41, 5.74) is -1.44. The van der Waals surface area contributed by atoms with Crippen LogP contribution in [0.15, 0.2) is 12.2 Å². The van der Waals surface area contributed by atoms with Crippen LogP contribution in [0.1, 0.15) is 75.2 Å². The number of ether oxygens (including phenoxy) is 6. The standard InChI is InChI=1S/2C11H21NO4.C11H19NO3/c1-11(2,3)16-10(14)12-5-7-15-6-4-9(13)8-12;1-11(2,3)16-10(14)12-5-4-9(13)8-15-7-6-12;1-11(2,3)15-10(13)12-6-4-5-8-14-9-7-12/h2*9,13H,4-8H2,1-3H3;4-5H,6-9H2,1-3H3/b;;5-4-. The zero-order chi connectivity index (χ0) is 35.7. The van der Waals surface area contributed by atoms with Crippen LogP contribution in [-0.4, -0.2) is 151 Å². The molecular weight excluding hydrogens is 614 g/mol. The van der Waals surface area contributed by atoms with Crippen LogP contribution in [0, 0.1) is 0 Å². The molecule has 47 heavy (non-hydrogen) atoms. The van der Waals surface area contributed by atoms with Crippen molar-refractivity contribution in [1.82, 2.24) is 14.7 Å². The van der Waals surface area contributed by atoms with E-state index in [1.807, 2.05) is 74.5 Å². The third kappa shape index (κ3) is 21.8. The molecule has 0 radical (unpaired) electrons. The van der Waals surface area contributed by atoms with Gasteiger partial charge < -0.3 is 53.3 Å². The van der Waals surface area contributed by atoms with Gasteiger partial charge in [-0.25, -0.2) is 14.4 Å². The van der Waals surface area contributed by atoms with Crippen molar-refractivity contribution in [1.29, 1.82) is 0 Å². The molecule has 14 nitrogen and oxygen atoms in total. The first kappa shape index (κ1) is 42.4. The first-order valence-electron chi connectivity index (χ1n) is 16.4. The molecule has 0 saturated carbocycles. The van der Waals surface area contributed by atoms with Crippen LogP contribution in [0.3, 0.4) is 0 Å². The molecule has 0 aromatic carbocycles. The third-order valence-electron chi connectivity index (χ3n) is 6.25. The number of hydrogen-bond donors (Lipinski definition) is 2. The van der Waals surface area contributed by atoms with Crippen LogP contribution in [0.2, 0.25) is 0 Å². The van der Waals surface area contributed by atoms with Gasteiger partial charge in [-0.3, -0.25) is 0 Å². The van der Waals surface area contributed by atoms with E-state index in [4.69, 9.17) is 28.4 Å². The lowest BCUT2D eigenvalue weighted by Crippen LogP contribution is -2.44. The van der Waals surface area contributed by atoms with E-state index in [1.165, 1.54) is 4.90 Å². The molecule has 3 aliphatic heterocycles. The molecule has 3 amide bonds. The van der Waals surface area contributed by atoms with Crippen LogP contribution >= 0.6 is 0 Å². The van der Waals surface area contributed by atoms with Gasteiger partial charge in [0.1, 0.15) is 16.8 Å². The molecule has 3 rings (SSSR count). The van der Waals surface area contributed by atoms with Gasteiger partial charge in [-0.15, -0.1) is 0 Å². The average Bonchev–Trinajstić information content (AvgIpc) is 2.86. The lowest BCUT2D eigenvalue weighted by atomic mass is 10.2. The highest BCUT2D eigenvalue weighted by Gasteiger charge is 2.26. The Labute approximate surface area is 281 Å². The molecule has 14 heteroatoms. The van der Waals surface area contributed by atoms with Gasteiger partial charge in [0.15, 0.2) is 0 Å². The number of carbonyl (C=O) groups excluding carboxylic acids is 3. The molecule has 0 spiro atoms. The number of aliphatic hydroxyl groups is 2. The summed E-state index contributed by atoms with van der Waals surface area (Å²) >= 11 is 0. The number of aliphatic hydroxyl groups excluding tert-OH is 2. The third-order valence-corrected chi connectivity index (χ3v) is 6.25. The summed E-state index contributed by atoms with van der Waals surface area (Å²) in [6.07, 6.45) is 2.87. The number of nitrogens with zero attached hydrogens (tertiary/aromatic N) is 3. The zero-order valence-electron chi connectivity index (χ0n) is 30.1. The lowest BCUT2D eigenvalue weighted by molar-refractivity contribution is -0.0156. The summed E-state index contributed by atoms with van der Waals surface area (Å²) in [4.78, 5) is 39.9. The van der Waals surface area contributed by atoms with Gasteiger partial charge in [0.2, 0.25) is 0 Å². The summed E-state index contributed by atoms with van der Waals surface area (Å²) in [5.74, 6) is 0. The Balaban J connectivity index is 0.000000353. The van der Waals surface area contributed by atoms with Crippen LogP contribution in [0.4, 0.5) is 14.4 Å². The van der Waals surface area contributed by atoms with Gasteiger partial charge in [-0.05, 0) is 75.2 Å². The fourth-order valence-electron chi connectivity index (χ4n) is 4.01. The van der Waals surface area contributed by atoms with Crippen molar-refractivity contribution < 1.29 is 53.0 Å². The molecule has 0 aliphatic carbocycles. The SMILES string of the molecule is CC(C)(C)OC(=O)N1C/C=C\COCC1.CC(C)(C)OC(=O)N1CCOCC(O)CC1.CC(C)(C)OC(=O)N1CCOCCC(O)C1. The second-order valence-corrected chi connectivity index (χ2v) is 14.4. The average molecular weight is 676 g/mol. The van der Waals surface area contributed by atoms with Crippen molar-refractivity contribution in [3.05, 3.63) is 12.2 Å². The second kappa shape index (κ2) is 20.7. The van der Waals surface area contributed by atoms with Gasteiger partial charge in [0.25, 0.3) is 0 Å². The van der Waals surface area contributed by atoms with Gasteiger partial charge in [0.05, 0.1) is 51.8 Å². The summed E-state index contributed by atoms with van der Waals surface area (Å²) < 4.78 is 31.5. The fraction of sp³-hybridized carbons (Fsp3) is 0.848. The van der Waals surface area contributed by atoms with Crippen LogP contribution < -0.4 is 0 Å². The van der Waals surface area contributed by atoms with Crippen molar-refractivity contribution in [2.45, 2.75) is 104 Å². The number of amides is 3. The van der Waals surface area contributed by atoms with Crippen LogP contribution in [-0.2, 0) is 28.4 Å². The molecule has 2 N–H and O–H groups in total. The van der Waals surface area contributed by atoms with E-state index < -0.39 is 35.1 Å². The number of hydrogen-bond acceptors (Lipinski definition) is 11. The van der Waals surface area contributed by atoms with Gasteiger partial charge >= 0.3 is 18.3 Å². The molecular formula is C33H61N3O11. The number of β-amino-alcohol motifs (C(OH)–C–C–N with tert-alkyl or cyclic N) is 1. The van der Waals surface area contributed by atoms with Gasteiger partial charge in [-0.2, -0.15) is 0 Å². The van der Waals surface area contributed by atoms with E-state index in [9.17, 15) is 24.6 Å².